The Hall–Kier alpha value is -3.12. The number of ether oxygens (including phenoxy) is 4. The number of halogens is 4. The number of hydrogen-bond donors (Lipinski definition) is 0. The summed E-state index contributed by atoms with van der Waals surface area (Å²) in [5.74, 6) is 0.762. The Labute approximate surface area is 307 Å². The van der Waals surface area contributed by atoms with E-state index in [0.717, 1.165) is 0 Å². The number of esters is 2. The van der Waals surface area contributed by atoms with Crippen molar-refractivity contribution < 1.29 is 38.1 Å². The molecule has 0 radical (unpaired) electrons. The second-order valence-corrected chi connectivity index (χ2v) is 11.8. The van der Waals surface area contributed by atoms with Gasteiger partial charge in [-0.2, -0.15) is 0 Å². The number of benzene rings is 2. The van der Waals surface area contributed by atoms with Gasteiger partial charge in [-0.1, -0.05) is 24.3 Å². The fraction of sp³-hybridized carbons (Fsp3) is 0.429. The van der Waals surface area contributed by atoms with Gasteiger partial charge >= 0.3 is 11.9 Å². The lowest BCUT2D eigenvalue weighted by Gasteiger charge is -2.19. The summed E-state index contributed by atoms with van der Waals surface area (Å²) in [5.41, 5.74) is 1.22. The van der Waals surface area contributed by atoms with Crippen LogP contribution in [0, 0.1) is 0 Å². The van der Waals surface area contributed by atoms with E-state index in [1.807, 2.05) is 0 Å². The number of ketones is 2. The van der Waals surface area contributed by atoms with Crippen LogP contribution in [-0.4, -0.2) is 109 Å². The second kappa shape index (κ2) is 24.1. The number of carbonyl (C=O) groups is 4. The molecule has 268 valence electrons. The maximum atomic E-state index is 12.6. The molecule has 49 heavy (non-hydrogen) atoms. The number of rotatable bonds is 24. The molecule has 2 aromatic carbocycles. The van der Waals surface area contributed by atoms with Crippen molar-refractivity contribution in [1.29, 1.82) is 0 Å². The molecule has 0 atom stereocenters. The van der Waals surface area contributed by atoms with Gasteiger partial charge in [-0.3, -0.25) is 29.0 Å². The summed E-state index contributed by atoms with van der Waals surface area (Å²) >= 11 is 23.2. The van der Waals surface area contributed by atoms with Crippen molar-refractivity contribution in [2.45, 2.75) is 20.3 Å². The molecule has 0 aliphatic heterocycles. The van der Waals surface area contributed by atoms with Crippen LogP contribution in [0.25, 0.3) is 12.2 Å². The van der Waals surface area contributed by atoms with Crippen molar-refractivity contribution in [2.75, 3.05) is 76.0 Å². The Morgan fingerprint density at radius 3 is 1.29 bits per heavy atom. The molecule has 2 aromatic rings. The van der Waals surface area contributed by atoms with Gasteiger partial charge in [-0.05, 0) is 61.4 Å². The van der Waals surface area contributed by atoms with Gasteiger partial charge in [-0.25, -0.2) is 0 Å². The standard InChI is InChI=1S/C35H42Cl4N2O8/c1-3-46-32-21-26(7-11-30(32)48-34(44)24-40(17-13-36)18-14-37)5-9-28(42)23-29(43)10-6-27-8-12-31(33(22-27)47-4-2)49-35(45)25-41(19-15-38)20-16-39/h5-12,21-22H,3-4,13-20,23-25H2,1-2H3/b9-5+,10-6+. The molecule has 0 saturated heterocycles. The molecule has 0 aliphatic rings. The molecule has 0 unspecified atom stereocenters. The summed E-state index contributed by atoms with van der Waals surface area (Å²) in [6.07, 6.45) is 5.36. The minimum Gasteiger partial charge on any atom is -0.490 e. The first-order valence-corrected chi connectivity index (χ1v) is 17.8. The summed E-state index contributed by atoms with van der Waals surface area (Å²) in [5, 5.41) is 0. The molecule has 10 nitrogen and oxygen atoms in total. The van der Waals surface area contributed by atoms with Gasteiger partial charge in [0.25, 0.3) is 0 Å². The highest BCUT2D eigenvalue weighted by Gasteiger charge is 2.17. The van der Waals surface area contributed by atoms with Gasteiger partial charge in [0, 0.05) is 49.7 Å². The fourth-order valence-electron chi connectivity index (χ4n) is 4.32. The third-order valence-corrected chi connectivity index (χ3v) is 7.24. The number of nitrogens with zero attached hydrogens (tertiary/aromatic N) is 2. The SMILES string of the molecule is CCOc1cc(/C=C/C(=O)CC(=O)/C=C/c2ccc(OC(=O)CN(CCCl)CCCl)c(OCC)c2)ccc1OC(=O)CN(CCCl)CCCl. The van der Waals surface area contributed by atoms with Crippen LogP contribution < -0.4 is 18.9 Å². The van der Waals surface area contributed by atoms with Crippen molar-refractivity contribution in [3.8, 4) is 23.0 Å². The Balaban J connectivity index is 2.02. The lowest BCUT2D eigenvalue weighted by atomic mass is 10.1. The normalized spacial score (nSPS) is 11.4. The third kappa shape index (κ3) is 16.4. The molecule has 2 rings (SSSR count). The quantitative estimate of drug-likeness (QED) is 0.0409. The predicted molar refractivity (Wildman–Crippen MR) is 195 cm³/mol. The van der Waals surface area contributed by atoms with Gasteiger partial charge in [0.05, 0.1) is 32.7 Å². The van der Waals surface area contributed by atoms with Crippen LogP contribution in [0.15, 0.2) is 48.6 Å². The first kappa shape index (κ1) is 42.0. The molecule has 0 N–H and O–H groups in total. The summed E-state index contributed by atoms with van der Waals surface area (Å²) < 4.78 is 22.3. The lowest BCUT2D eigenvalue weighted by molar-refractivity contribution is -0.136. The molecular weight excluding hydrogens is 718 g/mol. The molecule has 0 spiro atoms. The highest BCUT2D eigenvalue weighted by molar-refractivity contribution is 6.19. The van der Waals surface area contributed by atoms with E-state index in [1.165, 1.54) is 12.2 Å². The summed E-state index contributed by atoms with van der Waals surface area (Å²) in [6.45, 7) is 6.23. The van der Waals surface area contributed by atoms with Crippen LogP contribution in [0.4, 0.5) is 0 Å². The monoisotopic (exact) mass is 758 g/mol. The molecular formula is C35H42Cl4N2O8. The molecule has 14 heteroatoms. The average molecular weight is 761 g/mol. The zero-order valence-electron chi connectivity index (χ0n) is 27.6. The molecule has 0 amide bonds. The molecule has 0 saturated carbocycles. The van der Waals surface area contributed by atoms with Gasteiger partial charge in [-0.15, -0.1) is 46.4 Å². The summed E-state index contributed by atoms with van der Waals surface area (Å²) in [4.78, 5) is 53.7. The predicted octanol–water partition coefficient (Wildman–Crippen LogP) is 6.11. The number of carbonyl (C=O) groups excluding carboxylic acids is 4. The second-order valence-electron chi connectivity index (χ2n) is 10.3. The molecule has 0 aliphatic carbocycles. The smallest absolute Gasteiger partial charge is 0.325 e. The lowest BCUT2D eigenvalue weighted by Crippen LogP contribution is -2.35. The molecule has 0 fully saturated rings. The fourth-order valence-corrected chi connectivity index (χ4v) is 5.28. The van der Waals surface area contributed by atoms with Gasteiger partial charge in [0.1, 0.15) is 0 Å². The van der Waals surface area contributed by atoms with E-state index in [9.17, 15) is 19.2 Å². The minimum atomic E-state index is -0.488. The Kier molecular flexibility index (Phi) is 20.7. The van der Waals surface area contributed by atoms with E-state index in [0.29, 0.717) is 85.5 Å². The van der Waals surface area contributed by atoms with Crippen molar-refractivity contribution in [2.24, 2.45) is 0 Å². The highest BCUT2D eigenvalue weighted by Crippen LogP contribution is 2.30. The number of alkyl halides is 4. The van der Waals surface area contributed by atoms with Crippen LogP contribution in [0.5, 0.6) is 23.0 Å². The zero-order chi connectivity index (χ0) is 36.0. The van der Waals surface area contributed by atoms with Crippen molar-refractivity contribution in [3.05, 3.63) is 59.7 Å². The first-order chi connectivity index (χ1) is 23.6. The Morgan fingerprint density at radius 2 is 0.959 bits per heavy atom. The van der Waals surface area contributed by atoms with Crippen molar-refractivity contribution in [3.63, 3.8) is 0 Å². The van der Waals surface area contributed by atoms with Crippen LogP contribution in [0.3, 0.4) is 0 Å². The van der Waals surface area contributed by atoms with E-state index in [4.69, 9.17) is 65.4 Å². The Morgan fingerprint density at radius 1 is 0.592 bits per heavy atom. The minimum absolute atomic E-state index is 0.0165. The zero-order valence-corrected chi connectivity index (χ0v) is 30.7. The van der Waals surface area contributed by atoms with E-state index in [-0.39, 0.29) is 31.0 Å². The van der Waals surface area contributed by atoms with Crippen LogP contribution in [-0.2, 0) is 19.2 Å². The number of allylic oxidation sites excluding steroid dienone is 2. The maximum absolute atomic E-state index is 12.6. The van der Waals surface area contributed by atoms with Crippen molar-refractivity contribution >= 4 is 82.1 Å². The van der Waals surface area contributed by atoms with Crippen molar-refractivity contribution in [1.82, 2.24) is 9.80 Å². The van der Waals surface area contributed by atoms with E-state index >= 15 is 0 Å². The number of hydrogen-bond acceptors (Lipinski definition) is 10. The van der Waals surface area contributed by atoms with E-state index in [1.54, 1.807) is 72.2 Å². The molecule has 0 heterocycles. The van der Waals surface area contributed by atoms with E-state index in [2.05, 4.69) is 0 Å². The van der Waals surface area contributed by atoms with Crippen LogP contribution in [0.1, 0.15) is 31.4 Å². The largest absolute Gasteiger partial charge is 0.490 e. The van der Waals surface area contributed by atoms with Gasteiger partial charge < -0.3 is 18.9 Å². The topological polar surface area (TPSA) is 112 Å². The van der Waals surface area contributed by atoms with E-state index < -0.39 is 23.5 Å². The molecule has 0 bridgehead atoms. The van der Waals surface area contributed by atoms with Crippen LogP contribution in [0.2, 0.25) is 0 Å². The molecule has 0 aromatic heterocycles. The Bertz CT molecular complexity index is 1320. The summed E-state index contributed by atoms with van der Waals surface area (Å²) in [7, 11) is 0. The maximum Gasteiger partial charge on any atom is 0.325 e. The van der Waals surface area contributed by atoms with Gasteiger partial charge in [0.2, 0.25) is 0 Å². The van der Waals surface area contributed by atoms with Gasteiger partial charge in [0.15, 0.2) is 34.6 Å². The average Bonchev–Trinajstić information content (AvgIpc) is 3.05. The first-order valence-electron chi connectivity index (χ1n) is 15.7. The van der Waals surface area contributed by atoms with Crippen LogP contribution >= 0.6 is 46.4 Å². The summed E-state index contributed by atoms with van der Waals surface area (Å²) in [6, 6.07) is 9.76. The highest BCUT2D eigenvalue weighted by atomic mass is 35.5. The third-order valence-electron chi connectivity index (χ3n) is 6.56.